The van der Waals surface area contributed by atoms with Crippen LogP contribution in [0.3, 0.4) is 0 Å². The smallest absolute Gasteiger partial charge is 0.252 e. The van der Waals surface area contributed by atoms with Crippen molar-refractivity contribution in [3.63, 3.8) is 0 Å². The standard InChI is InChI=1S/C11H13ClO2/c1-11(2,3)14-9-6-4-8(5-7-9)10(12)13/h4-7H,1-3H3. The van der Waals surface area contributed by atoms with Crippen molar-refractivity contribution in [2.45, 2.75) is 26.4 Å². The van der Waals surface area contributed by atoms with Crippen LogP contribution < -0.4 is 4.74 Å². The average molecular weight is 213 g/mol. The molecule has 0 aromatic heterocycles. The Bertz CT molecular complexity index is 322. The minimum absolute atomic E-state index is 0.230. The SMILES string of the molecule is CC(C)(C)Oc1ccc(C(=O)Cl)cc1. The van der Waals surface area contributed by atoms with Gasteiger partial charge >= 0.3 is 0 Å². The zero-order valence-corrected chi connectivity index (χ0v) is 9.26. The lowest BCUT2D eigenvalue weighted by atomic mass is 10.2. The molecule has 0 atom stereocenters. The van der Waals surface area contributed by atoms with Gasteiger partial charge in [-0.15, -0.1) is 0 Å². The number of carbonyl (C=O) groups excluding carboxylic acids is 1. The monoisotopic (exact) mass is 212 g/mol. The van der Waals surface area contributed by atoms with E-state index in [0.717, 1.165) is 5.75 Å². The largest absolute Gasteiger partial charge is 0.488 e. The molecule has 0 radical (unpaired) electrons. The summed E-state index contributed by atoms with van der Waals surface area (Å²) in [7, 11) is 0. The average Bonchev–Trinajstić information content (AvgIpc) is 2.02. The number of carbonyl (C=O) groups is 1. The Labute approximate surface area is 88.8 Å². The van der Waals surface area contributed by atoms with Crippen LogP contribution in [-0.4, -0.2) is 10.8 Å². The first-order valence-corrected chi connectivity index (χ1v) is 4.75. The molecule has 14 heavy (non-hydrogen) atoms. The van der Waals surface area contributed by atoms with Gasteiger partial charge in [0, 0.05) is 5.56 Å². The van der Waals surface area contributed by atoms with Gasteiger partial charge in [-0.3, -0.25) is 4.79 Å². The van der Waals surface area contributed by atoms with Gasteiger partial charge in [0.2, 0.25) is 0 Å². The Hall–Kier alpha value is -1.02. The number of hydrogen-bond donors (Lipinski definition) is 0. The van der Waals surface area contributed by atoms with Gasteiger partial charge in [0.25, 0.3) is 5.24 Å². The highest BCUT2D eigenvalue weighted by Crippen LogP contribution is 2.18. The lowest BCUT2D eigenvalue weighted by molar-refractivity contribution is 0.108. The fourth-order valence-electron chi connectivity index (χ4n) is 1.01. The number of hydrogen-bond acceptors (Lipinski definition) is 2. The molecule has 0 fully saturated rings. The predicted molar refractivity (Wildman–Crippen MR) is 57.0 cm³/mol. The molecule has 0 aliphatic carbocycles. The quantitative estimate of drug-likeness (QED) is 0.704. The molecule has 0 spiro atoms. The van der Waals surface area contributed by atoms with Gasteiger partial charge in [0.1, 0.15) is 11.4 Å². The summed E-state index contributed by atoms with van der Waals surface area (Å²) in [5.74, 6) is 0.735. The van der Waals surface area contributed by atoms with Gasteiger partial charge in [-0.2, -0.15) is 0 Å². The molecule has 0 amide bonds. The van der Waals surface area contributed by atoms with Gasteiger partial charge in [-0.25, -0.2) is 0 Å². The first kappa shape index (κ1) is 11.1. The Morgan fingerprint density at radius 2 is 1.71 bits per heavy atom. The topological polar surface area (TPSA) is 26.3 Å². The molecule has 0 aliphatic heterocycles. The van der Waals surface area contributed by atoms with E-state index in [1.807, 2.05) is 20.8 Å². The molecule has 0 aliphatic rings. The van der Waals surface area contributed by atoms with E-state index >= 15 is 0 Å². The molecule has 0 saturated carbocycles. The van der Waals surface area contributed by atoms with Crippen molar-refractivity contribution in [2.75, 3.05) is 0 Å². The van der Waals surface area contributed by atoms with Crippen molar-refractivity contribution >= 4 is 16.8 Å². The Kier molecular flexibility index (Phi) is 3.17. The molecule has 0 unspecified atom stereocenters. The van der Waals surface area contributed by atoms with Crippen molar-refractivity contribution in [1.82, 2.24) is 0 Å². The van der Waals surface area contributed by atoms with Gasteiger partial charge in [-0.1, -0.05) is 0 Å². The molecule has 0 heterocycles. The van der Waals surface area contributed by atoms with E-state index in [1.54, 1.807) is 24.3 Å². The van der Waals surface area contributed by atoms with E-state index in [0.29, 0.717) is 5.56 Å². The summed E-state index contributed by atoms with van der Waals surface area (Å²) in [6.45, 7) is 5.90. The van der Waals surface area contributed by atoms with Crippen molar-refractivity contribution in [2.24, 2.45) is 0 Å². The normalized spacial score (nSPS) is 11.1. The minimum atomic E-state index is -0.452. The molecule has 3 heteroatoms. The van der Waals surface area contributed by atoms with Crippen LogP contribution in [0, 0.1) is 0 Å². The predicted octanol–water partition coefficient (Wildman–Crippen LogP) is 3.24. The number of benzene rings is 1. The van der Waals surface area contributed by atoms with Gasteiger partial charge < -0.3 is 4.74 Å². The summed E-state index contributed by atoms with van der Waals surface area (Å²) >= 11 is 5.31. The van der Waals surface area contributed by atoms with Crippen LogP contribution in [0.25, 0.3) is 0 Å². The van der Waals surface area contributed by atoms with Gasteiger partial charge in [-0.05, 0) is 56.6 Å². The summed E-state index contributed by atoms with van der Waals surface area (Å²) in [6.07, 6.45) is 0. The number of halogens is 1. The minimum Gasteiger partial charge on any atom is -0.488 e. The van der Waals surface area contributed by atoms with Gasteiger partial charge in [0.15, 0.2) is 0 Å². The van der Waals surface area contributed by atoms with Gasteiger partial charge in [0.05, 0.1) is 0 Å². The first-order chi connectivity index (χ1) is 6.38. The highest BCUT2D eigenvalue weighted by atomic mass is 35.5. The summed E-state index contributed by atoms with van der Waals surface area (Å²) in [5.41, 5.74) is 0.250. The third-order valence-corrected chi connectivity index (χ3v) is 1.72. The fourth-order valence-corrected chi connectivity index (χ4v) is 1.13. The number of ether oxygens (including phenoxy) is 1. The molecular formula is C11H13ClO2. The summed E-state index contributed by atoms with van der Waals surface area (Å²) in [5, 5.41) is -0.452. The highest BCUT2D eigenvalue weighted by molar-refractivity contribution is 6.67. The Morgan fingerprint density at radius 3 is 2.07 bits per heavy atom. The molecule has 76 valence electrons. The van der Waals surface area contributed by atoms with Crippen LogP contribution in [0.2, 0.25) is 0 Å². The number of rotatable bonds is 2. The summed E-state index contributed by atoms with van der Waals surface area (Å²) in [6, 6.07) is 6.77. The Balaban J connectivity index is 2.79. The first-order valence-electron chi connectivity index (χ1n) is 4.37. The molecule has 0 N–H and O–H groups in total. The van der Waals surface area contributed by atoms with Crippen LogP contribution in [0.5, 0.6) is 5.75 Å². The van der Waals surface area contributed by atoms with Crippen molar-refractivity contribution < 1.29 is 9.53 Å². The van der Waals surface area contributed by atoms with Crippen LogP contribution in [-0.2, 0) is 0 Å². The van der Waals surface area contributed by atoms with E-state index in [-0.39, 0.29) is 5.60 Å². The molecule has 1 rings (SSSR count). The third-order valence-electron chi connectivity index (χ3n) is 1.51. The summed E-state index contributed by atoms with van der Waals surface area (Å²) < 4.78 is 5.58. The Morgan fingerprint density at radius 1 is 1.21 bits per heavy atom. The van der Waals surface area contributed by atoms with Crippen molar-refractivity contribution in [3.05, 3.63) is 29.8 Å². The molecular weight excluding hydrogens is 200 g/mol. The summed E-state index contributed by atoms with van der Waals surface area (Å²) in [4.78, 5) is 10.8. The lowest BCUT2D eigenvalue weighted by Crippen LogP contribution is -2.22. The van der Waals surface area contributed by atoms with E-state index in [2.05, 4.69) is 0 Å². The van der Waals surface area contributed by atoms with Crippen LogP contribution in [0.15, 0.2) is 24.3 Å². The molecule has 1 aromatic carbocycles. The zero-order valence-electron chi connectivity index (χ0n) is 8.50. The molecule has 2 nitrogen and oxygen atoms in total. The lowest BCUT2D eigenvalue weighted by Gasteiger charge is -2.21. The van der Waals surface area contributed by atoms with Crippen LogP contribution in [0.1, 0.15) is 31.1 Å². The van der Waals surface area contributed by atoms with E-state index in [9.17, 15) is 4.79 Å². The fraction of sp³-hybridized carbons (Fsp3) is 0.364. The van der Waals surface area contributed by atoms with E-state index in [1.165, 1.54) is 0 Å². The second-order valence-corrected chi connectivity index (χ2v) is 4.36. The zero-order chi connectivity index (χ0) is 10.8. The molecule has 1 aromatic rings. The van der Waals surface area contributed by atoms with Crippen molar-refractivity contribution in [1.29, 1.82) is 0 Å². The maximum absolute atomic E-state index is 10.8. The highest BCUT2D eigenvalue weighted by Gasteiger charge is 2.11. The molecule has 0 bridgehead atoms. The second-order valence-electron chi connectivity index (χ2n) is 4.01. The molecule has 0 saturated heterocycles. The van der Waals surface area contributed by atoms with E-state index < -0.39 is 5.24 Å². The van der Waals surface area contributed by atoms with E-state index in [4.69, 9.17) is 16.3 Å². The van der Waals surface area contributed by atoms with Crippen LogP contribution in [0.4, 0.5) is 0 Å². The second kappa shape index (κ2) is 4.01. The maximum atomic E-state index is 10.8. The third kappa shape index (κ3) is 3.38. The maximum Gasteiger partial charge on any atom is 0.252 e. The van der Waals surface area contributed by atoms with Crippen LogP contribution >= 0.6 is 11.6 Å². The van der Waals surface area contributed by atoms with Crippen molar-refractivity contribution in [3.8, 4) is 5.75 Å².